The maximum atomic E-state index is 12.5. The first kappa shape index (κ1) is 8.54. The predicted octanol–water partition coefficient (Wildman–Crippen LogP) is 3.00. The van der Waals surface area contributed by atoms with Crippen LogP contribution in [0.5, 0.6) is 5.75 Å². The van der Waals surface area contributed by atoms with Crippen LogP contribution in [0.3, 0.4) is 0 Å². The molecular weight excluding hydrogens is 167 g/mol. The Morgan fingerprint density at radius 3 is 2.38 bits per heavy atom. The third kappa shape index (κ3) is 1.82. The minimum absolute atomic E-state index is 0.214. The quantitative estimate of drug-likeness (QED) is 0.679. The van der Waals surface area contributed by atoms with E-state index in [4.69, 9.17) is 4.74 Å². The molecule has 1 aliphatic rings. The Hall–Kier alpha value is -1.05. The summed E-state index contributed by atoms with van der Waals surface area (Å²) in [5.41, 5.74) is 0. The molecule has 0 radical (unpaired) electrons. The highest BCUT2D eigenvalue weighted by atomic mass is 19.1. The number of hydrogen-bond donors (Lipinski definition) is 0. The number of halogens is 1. The fraction of sp³-hybridized carbons (Fsp3) is 0.455. The van der Waals surface area contributed by atoms with Gasteiger partial charge < -0.3 is 4.74 Å². The molecule has 0 spiro atoms. The molecule has 70 valence electrons. The van der Waals surface area contributed by atoms with Crippen molar-refractivity contribution in [2.75, 3.05) is 0 Å². The van der Waals surface area contributed by atoms with Crippen molar-refractivity contribution < 1.29 is 9.13 Å². The van der Waals surface area contributed by atoms with Crippen LogP contribution in [-0.2, 0) is 0 Å². The molecule has 2 atom stereocenters. The van der Waals surface area contributed by atoms with Gasteiger partial charge in [-0.1, -0.05) is 6.92 Å². The molecule has 0 N–H and O–H groups in total. The average molecular weight is 180 g/mol. The van der Waals surface area contributed by atoms with Gasteiger partial charge in [-0.15, -0.1) is 0 Å². The smallest absolute Gasteiger partial charge is 0.123 e. The van der Waals surface area contributed by atoms with Gasteiger partial charge in [-0.2, -0.15) is 0 Å². The maximum Gasteiger partial charge on any atom is 0.123 e. The van der Waals surface area contributed by atoms with Gasteiger partial charge in [0.15, 0.2) is 0 Å². The Morgan fingerprint density at radius 2 is 1.92 bits per heavy atom. The van der Waals surface area contributed by atoms with E-state index in [1.54, 1.807) is 12.1 Å². The van der Waals surface area contributed by atoms with E-state index in [9.17, 15) is 4.39 Å². The highest BCUT2D eigenvalue weighted by Crippen LogP contribution is 2.30. The summed E-state index contributed by atoms with van der Waals surface area (Å²) < 4.78 is 18.2. The van der Waals surface area contributed by atoms with E-state index < -0.39 is 0 Å². The van der Waals surface area contributed by atoms with Gasteiger partial charge in [-0.3, -0.25) is 0 Å². The van der Waals surface area contributed by atoms with Crippen LogP contribution in [0, 0.1) is 11.7 Å². The van der Waals surface area contributed by atoms with Gasteiger partial charge in [0.25, 0.3) is 0 Å². The molecule has 0 heterocycles. The molecule has 0 unspecified atom stereocenters. The van der Waals surface area contributed by atoms with Crippen LogP contribution in [-0.4, -0.2) is 6.10 Å². The summed E-state index contributed by atoms with van der Waals surface area (Å²) in [5.74, 6) is 1.21. The second-order valence-electron chi connectivity index (χ2n) is 3.66. The fourth-order valence-corrected chi connectivity index (χ4v) is 1.50. The number of ether oxygens (including phenoxy) is 1. The summed E-state index contributed by atoms with van der Waals surface area (Å²) in [5, 5.41) is 0. The van der Waals surface area contributed by atoms with Crippen LogP contribution in [0.4, 0.5) is 4.39 Å². The molecule has 0 aliphatic heterocycles. The number of rotatable bonds is 2. The molecule has 1 saturated carbocycles. The second-order valence-corrected chi connectivity index (χ2v) is 3.66. The van der Waals surface area contributed by atoms with Crippen molar-refractivity contribution >= 4 is 0 Å². The number of benzene rings is 1. The molecule has 1 aliphatic carbocycles. The van der Waals surface area contributed by atoms with E-state index >= 15 is 0 Å². The van der Waals surface area contributed by atoms with Crippen LogP contribution in [0.15, 0.2) is 24.3 Å². The van der Waals surface area contributed by atoms with E-state index in [0.29, 0.717) is 12.0 Å². The lowest BCUT2D eigenvalue weighted by molar-refractivity contribution is 0.0576. The summed E-state index contributed by atoms with van der Waals surface area (Å²) in [6.45, 7) is 2.18. The lowest BCUT2D eigenvalue weighted by Gasteiger charge is -2.33. The zero-order valence-electron chi connectivity index (χ0n) is 7.66. The first-order valence-corrected chi connectivity index (χ1v) is 4.68. The normalized spacial score (nSPS) is 26.6. The summed E-state index contributed by atoms with van der Waals surface area (Å²) >= 11 is 0. The molecule has 0 bridgehead atoms. The first-order chi connectivity index (χ1) is 6.25. The van der Waals surface area contributed by atoms with E-state index in [-0.39, 0.29) is 5.82 Å². The lowest BCUT2D eigenvalue weighted by atomic mass is 9.83. The van der Waals surface area contributed by atoms with Gasteiger partial charge in [0.2, 0.25) is 0 Å². The highest BCUT2D eigenvalue weighted by Gasteiger charge is 2.28. The molecule has 2 rings (SSSR count). The zero-order chi connectivity index (χ0) is 9.26. The monoisotopic (exact) mass is 180 g/mol. The molecule has 1 aromatic rings. The van der Waals surface area contributed by atoms with E-state index in [0.717, 1.165) is 12.2 Å². The Balaban J connectivity index is 1.98. The predicted molar refractivity (Wildman–Crippen MR) is 49.2 cm³/mol. The van der Waals surface area contributed by atoms with Gasteiger partial charge in [0.05, 0.1) is 0 Å². The molecule has 0 aromatic heterocycles. The minimum atomic E-state index is -0.214. The van der Waals surface area contributed by atoms with Crippen LogP contribution < -0.4 is 4.74 Å². The molecule has 0 amide bonds. The van der Waals surface area contributed by atoms with E-state index in [1.807, 2.05) is 0 Å². The van der Waals surface area contributed by atoms with Crippen LogP contribution in [0.1, 0.15) is 19.8 Å². The summed E-state index contributed by atoms with van der Waals surface area (Å²) in [6, 6.07) is 6.22. The van der Waals surface area contributed by atoms with Crippen molar-refractivity contribution in [2.24, 2.45) is 5.92 Å². The van der Waals surface area contributed by atoms with Gasteiger partial charge in [-0.05, 0) is 43.0 Å². The maximum absolute atomic E-state index is 12.5. The van der Waals surface area contributed by atoms with E-state index in [2.05, 4.69) is 6.92 Å². The van der Waals surface area contributed by atoms with E-state index in [1.165, 1.54) is 18.6 Å². The second kappa shape index (κ2) is 3.36. The molecule has 0 saturated heterocycles. The van der Waals surface area contributed by atoms with Crippen LogP contribution >= 0.6 is 0 Å². The molecule has 1 aromatic carbocycles. The average Bonchev–Trinajstić information content (AvgIpc) is 2.15. The summed E-state index contributed by atoms with van der Waals surface area (Å²) in [7, 11) is 0. The van der Waals surface area contributed by atoms with Gasteiger partial charge in [-0.25, -0.2) is 4.39 Å². The SMILES string of the molecule is C[C@H]1CC[C@@H]1Oc1ccc(F)cc1. The summed E-state index contributed by atoms with van der Waals surface area (Å²) in [4.78, 5) is 0. The Kier molecular flexibility index (Phi) is 2.21. The first-order valence-electron chi connectivity index (χ1n) is 4.68. The molecule has 2 heteroatoms. The van der Waals surface area contributed by atoms with Gasteiger partial charge in [0, 0.05) is 0 Å². The van der Waals surface area contributed by atoms with Crippen molar-refractivity contribution in [1.82, 2.24) is 0 Å². The Morgan fingerprint density at radius 1 is 1.23 bits per heavy atom. The van der Waals surface area contributed by atoms with Crippen molar-refractivity contribution in [3.05, 3.63) is 30.1 Å². The van der Waals surface area contributed by atoms with Crippen molar-refractivity contribution in [3.63, 3.8) is 0 Å². The van der Waals surface area contributed by atoms with Crippen molar-refractivity contribution in [2.45, 2.75) is 25.9 Å². The Bertz CT molecular complexity index is 281. The van der Waals surface area contributed by atoms with Crippen LogP contribution in [0.2, 0.25) is 0 Å². The minimum Gasteiger partial charge on any atom is -0.490 e. The third-order valence-corrected chi connectivity index (χ3v) is 2.64. The molecule has 13 heavy (non-hydrogen) atoms. The fourth-order valence-electron chi connectivity index (χ4n) is 1.50. The Labute approximate surface area is 77.5 Å². The standard InChI is InChI=1S/C11H13FO/c1-8-2-7-11(8)13-10-5-3-9(12)4-6-10/h3-6,8,11H,2,7H2,1H3/t8-,11-/m0/s1. The van der Waals surface area contributed by atoms with Crippen molar-refractivity contribution in [3.8, 4) is 5.75 Å². The van der Waals surface area contributed by atoms with Crippen LogP contribution in [0.25, 0.3) is 0 Å². The highest BCUT2D eigenvalue weighted by molar-refractivity contribution is 5.22. The largest absolute Gasteiger partial charge is 0.490 e. The third-order valence-electron chi connectivity index (χ3n) is 2.64. The zero-order valence-corrected chi connectivity index (χ0v) is 7.66. The molecular formula is C11H13FO. The number of hydrogen-bond acceptors (Lipinski definition) is 1. The summed E-state index contributed by atoms with van der Waals surface area (Å²) in [6.07, 6.45) is 2.70. The van der Waals surface area contributed by atoms with Gasteiger partial charge >= 0.3 is 0 Å². The molecule has 1 nitrogen and oxygen atoms in total. The molecule has 1 fully saturated rings. The van der Waals surface area contributed by atoms with Gasteiger partial charge in [0.1, 0.15) is 17.7 Å². The van der Waals surface area contributed by atoms with Crippen molar-refractivity contribution in [1.29, 1.82) is 0 Å². The topological polar surface area (TPSA) is 9.23 Å². The lowest BCUT2D eigenvalue weighted by Crippen LogP contribution is -2.34.